The van der Waals surface area contributed by atoms with Gasteiger partial charge in [-0.2, -0.15) is 0 Å². The summed E-state index contributed by atoms with van der Waals surface area (Å²) in [6, 6.07) is 4.13. The Labute approximate surface area is 135 Å². The maximum absolute atomic E-state index is 14.0. The second-order valence-electron chi connectivity index (χ2n) is 5.57. The van der Waals surface area contributed by atoms with Crippen LogP contribution < -0.4 is 10.9 Å². The summed E-state index contributed by atoms with van der Waals surface area (Å²) in [5.74, 6) is -1.01. The predicted octanol–water partition coefficient (Wildman–Crippen LogP) is 1.86. The predicted molar refractivity (Wildman–Crippen MR) is 89.7 cm³/mol. The van der Waals surface area contributed by atoms with Gasteiger partial charge in [0.2, 0.25) is 5.56 Å². The fraction of sp³-hybridized carbons (Fsp3) is 0.375. The Morgan fingerprint density at radius 2 is 2.09 bits per heavy atom. The minimum atomic E-state index is -0.958. The molecule has 2 rings (SSSR count). The van der Waals surface area contributed by atoms with Crippen LogP contribution in [0.4, 0.5) is 4.39 Å². The van der Waals surface area contributed by atoms with Crippen molar-refractivity contribution in [3.05, 3.63) is 45.5 Å². The van der Waals surface area contributed by atoms with Gasteiger partial charge in [-0.25, -0.2) is 4.39 Å². The van der Waals surface area contributed by atoms with E-state index in [9.17, 15) is 18.2 Å². The van der Waals surface area contributed by atoms with Gasteiger partial charge in [0.05, 0.1) is 11.1 Å². The van der Waals surface area contributed by atoms with Gasteiger partial charge in [0, 0.05) is 40.3 Å². The molecule has 2 N–H and O–H groups in total. The van der Waals surface area contributed by atoms with Gasteiger partial charge in [-0.1, -0.05) is 6.92 Å². The van der Waals surface area contributed by atoms with Crippen LogP contribution in [-0.2, 0) is 10.8 Å². The van der Waals surface area contributed by atoms with Gasteiger partial charge < -0.3 is 10.3 Å². The minimum absolute atomic E-state index is 0.0243. The van der Waals surface area contributed by atoms with E-state index in [0.29, 0.717) is 23.9 Å². The molecule has 0 bridgehead atoms. The summed E-state index contributed by atoms with van der Waals surface area (Å²) in [5, 5.41) is 3.03. The second kappa shape index (κ2) is 7.04. The molecule has 2 aromatic rings. The number of benzene rings is 1. The summed E-state index contributed by atoms with van der Waals surface area (Å²) in [5.41, 5.74) is 0.285. The van der Waals surface area contributed by atoms with E-state index in [-0.39, 0.29) is 16.3 Å². The van der Waals surface area contributed by atoms with Crippen molar-refractivity contribution >= 4 is 27.6 Å². The second-order valence-corrected chi connectivity index (χ2v) is 7.37. The number of amides is 1. The monoisotopic (exact) mass is 338 g/mol. The lowest BCUT2D eigenvalue weighted by Gasteiger charge is -2.11. The van der Waals surface area contributed by atoms with Crippen molar-refractivity contribution in [3.8, 4) is 0 Å². The minimum Gasteiger partial charge on any atom is -0.352 e. The highest BCUT2D eigenvalue weighted by atomic mass is 32.2. The molecule has 0 aliphatic carbocycles. The molecule has 23 heavy (non-hydrogen) atoms. The number of rotatable bonds is 5. The Balaban J connectivity index is 2.30. The number of aromatic amines is 1. The first-order chi connectivity index (χ1) is 10.8. The number of nitrogens with one attached hydrogen (secondary N) is 2. The quantitative estimate of drug-likeness (QED) is 0.873. The van der Waals surface area contributed by atoms with Crippen LogP contribution >= 0.6 is 0 Å². The van der Waals surface area contributed by atoms with E-state index in [1.807, 2.05) is 6.92 Å². The van der Waals surface area contributed by atoms with E-state index < -0.39 is 28.1 Å². The van der Waals surface area contributed by atoms with Crippen LogP contribution in [-0.4, -0.2) is 33.2 Å². The van der Waals surface area contributed by atoms with Crippen molar-refractivity contribution in [3.63, 3.8) is 0 Å². The van der Waals surface area contributed by atoms with Crippen molar-refractivity contribution in [1.82, 2.24) is 10.3 Å². The number of halogens is 1. The highest BCUT2D eigenvalue weighted by Gasteiger charge is 2.15. The summed E-state index contributed by atoms with van der Waals surface area (Å²) >= 11 is 0. The Bertz CT molecular complexity index is 832. The van der Waals surface area contributed by atoms with Crippen LogP contribution in [0.2, 0.25) is 0 Å². The fourth-order valence-electron chi connectivity index (χ4n) is 2.29. The average molecular weight is 338 g/mol. The smallest absolute Gasteiger partial charge is 0.252 e. The zero-order chi connectivity index (χ0) is 17.1. The van der Waals surface area contributed by atoms with Crippen LogP contribution in [0.3, 0.4) is 0 Å². The standard InChI is InChI=1S/C16H19FN2O3S/c1-9-6-11-12(8-14(20)19-15(11)13(17)7-9)16(21)18-5-4-10(2)23(3)22/h6-8,10H,4-5H2,1-3H3,(H,18,21)(H,19,20)/t10-,23+/m1/s1. The third-order valence-electron chi connectivity index (χ3n) is 3.70. The third-order valence-corrected chi connectivity index (χ3v) is 5.07. The Hall–Kier alpha value is -2.02. The van der Waals surface area contributed by atoms with Gasteiger partial charge in [0.25, 0.3) is 5.91 Å². The molecule has 1 amide bonds. The number of carbonyl (C=O) groups is 1. The molecule has 0 aliphatic rings. The van der Waals surface area contributed by atoms with E-state index >= 15 is 0 Å². The van der Waals surface area contributed by atoms with Crippen LogP contribution in [0.1, 0.15) is 29.3 Å². The van der Waals surface area contributed by atoms with Gasteiger partial charge in [0.1, 0.15) is 5.82 Å². The number of aromatic nitrogens is 1. The zero-order valence-corrected chi connectivity index (χ0v) is 14.1. The molecule has 5 nitrogen and oxygen atoms in total. The molecule has 1 heterocycles. The molecule has 0 fully saturated rings. The molecule has 0 saturated heterocycles. The average Bonchev–Trinajstić information content (AvgIpc) is 2.47. The van der Waals surface area contributed by atoms with Crippen LogP contribution in [0.15, 0.2) is 23.0 Å². The first-order valence-electron chi connectivity index (χ1n) is 7.23. The van der Waals surface area contributed by atoms with Gasteiger partial charge in [-0.3, -0.25) is 13.8 Å². The molecular weight excluding hydrogens is 319 g/mol. The first kappa shape index (κ1) is 17.3. The van der Waals surface area contributed by atoms with Crippen LogP contribution in [0.5, 0.6) is 0 Å². The van der Waals surface area contributed by atoms with Gasteiger partial charge in [-0.05, 0) is 31.0 Å². The fourth-order valence-corrected chi connectivity index (χ4v) is 2.74. The number of hydrogen-bond donors (Lipinski definition) is 2. The van der Waals surface area contributed by atoms with E-state index in [1.54, 1.807) is 19.2 Å². The summed E-state index contributed by atoms with van der Waals surface area (Å²) in [6.45, 7) is 3.89. The first-order valence-corrected chi connectivity index (χ1v) is 8.85. The Kier molecular flexibility index (Phi) is 5.30. The van der Waals surface area contributed by atoms with Crippen molar-refractivity contribution in [2.45, 2.75) is 25.5 Å². The van der Waals surface area contributed by atoms with Gasteiger partial charge in [-0.15, -0.1) is 0 Å². The SMILES string of the molecule is Cc1cc(F)c2[nH]c(=O)cc(C(=O)NCC[C@@H](C)[S@](C)=O)c2c1. The number of H-pyrrole nitrogens is 1. The summed E-state index contributed by atoms with van der Waals surface area (Å²) < 4.78 is 25.3. The summed E-state index contributed by atoms with van der Waals surface area (Å²) in [6.07, 6.45) is 2.17. The molecule has 1 aromatic carbocycles. The number of pyridine rings is 1. The van der Waals surface area contributed by atoms with Gasteiger partial charge in [0.15, 0.2) is 0 Å². The van der Waals surface area contributed by atoms with E-state index in [0.717, 1.165) is 6.07 Å². The largest absolute Gasteiger partial charge is 0.352 e. The van der Waals surface area contributed by atoms with Crippen LogP contribution in [0.25, 0.3) is 10.9 Å². The molecule has 0 aliphatic heterocycles. The van der Waals surface area contributed by atoms with E-state index in [4.69, 9.17) is 0 Å². The lowest BCUT2D eigenvalue weighted by Crippen LogP contribution is -2.28. The lowest BCUT2D eigenvalue weighted by atomic mass is 10.1. The maximum atomic E-state index is 14.0. The molecule has 0 unspecified atom stereocenters. The number of fused-ring (bicyclic) bond motifs is 1. The van der Waals surface area contributed by atoms with Crippen molar-refractivity contribution in [2.24, 2.45) is 0 Å². The zero-order valence-electron chi connectivity index (χ0n) is 13.2. The summed E-state index contributed by atoms with van der Waals surface area (Å²) in [7, 11) is -0.958. The van der Waals surface area contributed by atoms with Crippen LogP contribution in [0, 0.1) is 12.7 Å². The highest BCUT2D eigenvalue weighted by Crippen LogP contribution is 2.20. The lowest BCUT2D eigenvalue weighted by molar-refractivity contribution is 0.0954. The normalized spacial score (nSPS) is 13.7. The molecule has 2 atom stereocenters. The molecular formula is C16H19FN2O3S. The molecule has 0 saturated carbocycles. The molecule has 0 spiro atoms. The molecule has 7 heteroatoms. The topological polar surface area (TPSA) is 79.0 Å². The molecule has 1 aromatic heterocycles. The highest BCUT2D eigenvalue weighted by molar-refractivity contribution is 7.84. The van der Waals surface area contributed by atoms with E-state index in [2.05, 4.69) is 10.3 Å². The number of aryl methyl sites for hydroxylation is 1. The van der Waals surface area contributed by atoms with Crippen molar-refractivity contribution in [1.29, 1.82) is 0 Å². The summed E-state index contributed by atoms with van der Waals surface area (Å²) in [4.78, 5) is 26.4. The molecule has 124 valence electrons. The van der Waals surface area contributed by atoms with Crippen molar-refractivity contribution in [2.75, 3.05) is 12.8 Å². The Morgan fingerprint density at radius 1 is 1.39 bits per heavy atom. The van der Waals surface area contributed by atoms with Crippen molar-refractivity contribution < 1.29 is 13.4 Å². The number of hydrogen-bond acceptors (Lipinski definition) is 3. The third kappa shape index (κ3) is 4.04. The maximum Gasteiger partial charge on any atom is 0.252 e. The Morgan fingerprint density at radius 3 is 2.74 bits per heavy atom. The molecule has 0 radical (unpaired) electrons. The van der Waals surface area contributed by atoms with Gasteiger partial charge >= 0.3 is 0 Å². The number of carbonyl (C=O) groups excluding carboxylic acids is 1. The van der Waals surface area contributed by atoms with E-state index in [1.165, 1.54) is 6.07 Å².